The molecule has 19 heavy (non-hydrogen) atoms. The number of benzene rings is 1. The average Bonchev–Trinajstić information content (AvgIpc) is 2.47. The molecule has 0 amide bonds. The SMILES string of the molecule is CNc1cc(OCc2ccc(OC)cn2)ccc1O. The third kappa shape index (κ3) is 3.28. The van der Waals surface area contributed by atoms with E-state index in [1.807, 2.05) is 12.1 Å². The zero-order valence-corrected chi connectivity index (χ0v) is 10.9. The summed E-state index contributed by atoms with van der Waals surface area (Å²) in [5, 5.41) is 12.4. The lowest BCUT2D eigenvalue weighted by Crippen LogP contribution is -1.99. The first kappa shape index (κ1) is 13.0. The first-order valence-electron chi connectivity index (χ1n) is 5.85. The number of aromatic nitrogens is 1. The molecule has 2 N–H and O–H groups in total. The molecule has 0 unspecified atom stereocenters. The number of hydrogen-bond donors (Lipinski definition) is 2. The van der Waals surface area contributed by atoms with E-state index in [1.165, 1.54) is 0 Å². The normalized spacial score (nSPS) is 10.0. The molecule has 0 radical (unpaired) electrons. The predicted molar refractivity (Wildman–Crippen MR) is 72.8 cm³/mol. The highest BCUT2D eigenvalue weighted by molar-refractivity contribution is 5.58. The van der Waals surface area contributed by atoms with E-state index < -0.39 is 0 Å². The fourth-order valence-electron chi connectivity index (χ4n) is 1.58. The van der Waals surface area contributed by atoms with Gasteiger partial charge in [0, 0.05) is 13.1 Å². The molecular weight excluding hydrogens is 244 g/mol. The maximum atomic E-state index is 9.53. The van der Waals surface area contributed by atoms with E-state index >= 15 is 0 Å². The summed E-state index contributed by atoms with van der Waals surface area (Å²) >= 11 is 0. The van der Waals surface area contributed by atoms with Crippen LogP contribution < -0.4 is 14.8 Å². The summed E-state index contributed by atoms with van der Waals surface area (Å²) in [7, 11) is 3.34. The Morgan fingerprint density at radius 2 is 2.00 bits per heavy atom. The molecule has 0 spiro atoms. The van der Waals surface area contributed by atoms with Gasteiger partial charge >= 0.3 is 0 Å². The van der Waals surface area contributed by atoms with Gasteiger partial charge in [-0.05, 0) is 24.3 Å². The second-order valence-electron chi connectivity index (χ2n) is 3.91. The fourth-order valence-corrected chi connectivity index (χ4v) is 1.58. The van der Waals surface area contributed by atoms with Crippen LogP contribution in [0.3, 0.4) is 0 Å². The number of rotatable bonds is 5. The molecule has 2 rings (SSSR count). The van der Waals surface area contributed by atoms with Gasteiger partial charge in [0.2, 0.25) is 0 Å². The van der Waals surface area contributed by atoms with Crippen LogP contribution in [-0.4, -0.2) is 24.2 Å². The van der Waals surface area contributed by atoms with Crippen LogP contribution in [0.15, 0.2) is 36.5 Å². The topological polar surface area (TPSA) is 63.6 Å². The number of aromatic hydroxyl groups is 1. The summed E-state index contributed by atoms with van der Waals surface area (Å²) in [6, 6.07) is 8.71. The van der Waals surface area contributed by atoms with Crippen molar-refractivity contribution in [1.29, 1.82) is 0 Å². The van der Waals surface area contributed by atoms with Gasteiger partial charge in [0.25, 0.3) is 0 Å². The standard InChI is InChI=1S/C14H16N2O3/c1-15-13-7-11(5-6-14(13)17)19-9-10-3-4-12(18-2)8-16-10/h3-8,15,17H,9H2,1-2H3. The summed E-state index contributed by atoms with van der Waals surface area (Å²) in [5.41, 5.74) is 1.43. The molecule has 100 valence electrons. The van der Waals surface area contributed by atoms with E-state index in [-0.39, 0.29) is 5.75 Å². The van der Waals surface area contributed by atoms with Gasteiger partial charge in [0.15, 0.2) is 0 Å². The Balaban J connectivity index is 2.01. The van der Waals surface area contributed by atoms with Gasteiger partial charge in [-0.25, -0.2) is 0 Å². The Bertz CT molecular complexity index is 541. The summed E-state index contributed by atoms with van der Waals surface area (Å²) in [4.78, 5) is 4.21. The van der Waals surface area contributed by atoms with E-state index in [0.717, 1.165) is 5.69 Å². The Labute approximate surface area is 111 Å². The molecule has 5 nitrogen and oxygen atoms in total. The maximum Gasteiger partial charge on any atom is 0.138 e. The summed E-state index contributed by atoms with van der Waals surface area (Å²) in [6.45, 7) is 0.359. The number of anilines is 1. The number of pyridine rings is 1. The number of nitrogens with zero attached hydrogens (tertiary/aromatic N) is 1. The Hall–Kier alpha value is -2.43. The minimum atomic E-state index is 0.192. The van der Waals surface area contributed by atoms with Crippen LogP contribution in [-0.2, 0) is 6.61 Å². The van der Waals surface area contributed by atoms with Crippen molar-refractivity contribution in [3.8, 4) is 17.2 Å². The molecule has 0 aliphatic rings. The highest BCUT2D eigenvalue weighted by atomic mass is 16.5. The van der Waals surface area contributed by atoms with E-state index in [1.54, 1.807) is 38.6 Å². The maximum absolute atomic E-state index is 9.53. The lowest BCUT2D eigenvalue weighted by molar-refractivity contribution is 0.300. The molecule has 2 aromatic rings. The number of methoxy groups -OCH3 is 1. The van der Waals surface area contributed by atoms with Crippen molar-refractivity contribution in [2.24, 2.45) is 0 Å². The highest BCUT2D eigenvalue weighted by Gasteiger charge is 2.03. The number of hydrogen-bond acceptors (Lipinski definition) is 5. The van der Waals surface area contributed by atoms with Crippen molar-refractivity contribution in [2.75, 3.05) is 19.5 Å². The summed E-state index contributed by atoms with van der Waals surface area (Å²) in [6.07, 6.45) is 1.65. The molecule has 1 aromatic heterocycles. The van der Waals surface area contributed by atoms with Gasteiger partial charge in [-0.1, -0.05) is 0 Å². The van der Waals surface area contributed by atoms with Crippen molar-refractivity contribution in [1.82, 2.24) is 4.98 Å². The average molecular weight is 260 g/mol. The van der Waals surface area contributed by atoms with Gasteiger partial charge in [0.1, 0.15) is 23.9 Å². The largest absolute Gasteiger partial charge is 0.506 e. The van der Waals surface area contributed by atoms with Crippen LogP contribution in [0.4, 0.5) is 5.69 Å². The first-order valence-corrected chi connectivity index (χ1v) is 5.85. The fraction of sp³-hybridized carbons (Fsp3) is 0.214. The lowest BCUT2D eigenvalue weighted by Gasteiger charge is -2.09. The Morgan fingerprint density at radius 3 is 2.63 bits per heavy atom. The lowest BCUT2D eigenvalue weighted by atomic mass is 10.2. The summed E-state index contributed by atoms with van der Waals surface area (Å²) in [5.74, 6) is 1.57. The monoisotopic (exact) mass is 260 g/mol. The van der Waals surface area contributed by atoms with E-state index in [9.17, 15) is 5.11 Å². The van der Waals surface area contributed by atoms with Crippen molar-refractivity contribution in [3.63, 3.8) is 0 Å². The first-order chi connectivity index (χ1) is 9.22. The third-order valence-corrected chi connectivity index (χ3v) is 2.66. The van der Waals surface area contributed by atoms with Crippen LogP contribution >= 0.6 is 0 Å². The predicted octanol–water partition coefficient (Wildman–Crippen LogP) is 2.42. The molecule has 0 saturated heterocycles. The molecule has 1 aromatic carbocycles. The molecule has 1 heterocycles. The molecule has 0 fully saturated rings. The third-order valence-electron chi connectivity index (χ3n) is 2.66. The second-order valence-corrected chi connectivity index (χ2v) is 3.91. The Morgan fingerprint density at radius 1 is 1.21 bits per heavy atom. The van der Waals surface area contributed by atoms with Crippen molar-refractivity contribution < 1.29 is 14.6 Å². The smallest absolute Gasteiger partial charge is 0.138 e. The zero-order valence-electron chi connectivity index (χ0n) is 10.9. The van der Waals surface area contributed by atoms with Crippen LogP contribution in [0, 0.1) is 0 Å². The number of nitrogens with one attached hydrogen (secondary N) is 1. The van der Waals surface area contributed by atoms with E-state index in [2.05, 4.69) is 10.3 Å². The molecule has 0 atom stereocenters. The number of phenolic OH excluding ortho intramolecular Hbond substituents is 1. The molecule has 0 saturated carbocycles. The highest BCUT2D eigenvalue weighted by Crippen LogP contribution is 2.27. The quantitative estimate of drug-likeness (QED) is 0.808. The van der Waals surface area contributed by atoms with Crippen LogP contribution in [0.2, 0.25) is 0 Å². The van der Waals surface area contributed by atoms with Gasteiger partial charge in [0.05, 0.1) is 24.7 Å². The number of phenols is 1. The summed E-state index contributed by atoms with van der Waals surface area (Å²) < 4.78 is 10.6. The second kappa shape index (κ2) is 5.95. The molecule has 0 aliphatic heterocycles. The minimum absolute atomic E-state index is 0.192. The molecular formula is C14H16N2O3. The van der Waals surface area contributed by atoms with Crippen LogP contribution in [0.5, 0.6) is 17.2 Å². The molecule has 0 aliphatic carbocycles. The van der Waals surface area contributed by atoms with Gasteiger partial charge < -0.3 is 19.9 Å². The van der Waals surface area contributed by atoms with Crippen LogP contribution in [0.25, 0.3) is 0 Å². The van der Waals surface area contributed by atoms with Crippen molar-refractivity contribution in [3.05, 3.63) is 42.2 Å². The van der Waals surface area contributed by atoms with Gasteiger partial charge in [-0.15, -0.1) is 0 Å². The van der Waals surface area contributed by atoms with Crippen molar-refractivity contribution >= 4 is 5.69 Å². The molecule has 0 bridgehead atoms. The minimum Gasteiger partial charge on any atom is -0.506 e. The van der Waals surface area contributed by atoms with Crippen molar-refractivity contribution in [2.45, 2.75) is 6.61 Å². The Kier molecular flexibility index (Phi) is 4.07. The zero-order chi connectivity index (χ0) is 13.7. The van der Waals surface area contributed by atoms with Crippen LogP contribution in [0.1, 0.15) is 5.69 Å². The number of ether oxygens (including phenoxy) is 2. The van der Waals surface area contributed by atoms with E-state index in [0.29, 0.717) is 23.8 Å². The van der Waals surface area contributed by atoms with E-state index in [4.69, 9.17) is 9.47 Å². The molecule has 5 heteroatoms. The van der Waals surface area contributed by atoms with Gasteiger partial charge in [-0.3, -0.25) is 4.98 Å². The van der Waals surface area contributed by atoms with Gasteiger partial charge in [-0.2, -0.15) is 0 Å².